The second-order valence-corrected chi connectivity index (χ2v) is 2.87. The molecule has 0 aliphatic carbocycles. The van der Waals surface area contributed by atoms with E-state index < -0.39 is 0 Å². The van der Waals surface area contributed by atoms with E-state index in [1.54, 1.807) is 31.2 Å². The van der Waals surface area contributed by atoms with E-state index in [0.717, 1.165) is 0 Å². The van der Waals surface area contributed by atoms with Gasteiger partial charge in [-0.05, 0) is 19.1 Å². The van der Waals surface area contributed by atoms with Crippen molar-refractivity contribution in [3.05, 3.63) is 35.9 Å². The number of nitrogens with zero attached hydrogens (tertiary/aromatic N) is 1. The van der Waals surface area contributed by atoms with Crippen molar-refractivity contribution in [3.63, 3.8) is 0 Å². The molecule has 0 spiro atoms. The Balaban J connectivity index is 2.54. The Bertz CT molecular complexity index is 347. The molecular formula is C11H14N2O2. The van der Waals surface area contributed by atoms with Gasteiger partial charge in [-0.1, -0.05) is 18.2 Å². The fraction of sp³-hybridized carbons (Fsp3) is 0.273. The van der Waals surface area contributed by atoms with Crippen LogP contribution in [0.2, 0.25) is 0 Å². The first-order chi connectivity index (χ1) is 7.24. The first-order valence-electron chi connectivity index (χ1n) is 4.76. The van der Waals surface area contributed by atoms with Gasteiger partial charge in [0.05, 0.1) is 6.61 Å². The van der Waals surface area contributed by atoms with E-state index in [1.807, 2.05) is 13.0 Å². The van der Waals surface area contributed by atoms with Crippen LogP contribution in [0.3, 0.4) is 0 Å². The molecule has 0 radical (unpaired) electrons. The second-order valence-electron chi connectivity index (χ2n) is 2.87. The fourth-order valence-corrected chi connectivity index (χ4v) is 1.02. The van der Waals surface area contributed by atoms with Crippen molar-refractivity contribution in [2.75, 3.05) is 6.61 Å². The standard InChI is InChI=1S/C11H14N2O2/c1-3-15-9(2)12-13-11(14)10-7-5-4-6-8-10/h4-8H,3H2,1-2H3,(H,13,14)/b12-9+. The van der Waals surface area contributed by atoms with Gasteiger partial charge in [-0.15, -0.1) is 5.10 Å². The van der Waals surface area contributed by atoms with Crippen LogP contribution in [0.4, 0.5) is 0 Å². The number of ether oxygens (including phenoxy) is 1. The Labute approximate surface area is 88.9 Å². The molecule has 0 atom stereocenters. The highest BCUT2D eigenvalue weighted by Gasteiger charge is 2.02. The molecule has 1 N–H and O–H groups in total. The van der Waals surface area contributed by atoms with Crippen molar-refractivity contribution in [2.24, 2.45) is 5.10 Å². The predicted molar refractivity (Wildman–Crippen MR) is 58.6 cm³/mol. The molecule has 0 saturated carbocycles. The molecule has 0 heterocycles. The van der Waals surface area contributed by atoms with Crippen LogP contribution in [0.15, 0.2) is 35.4 Å². The molecule has 0 fully saturated rings. The van der Waals surface area contributed by atoms with E-state index in [0.29, 0.717) is 18.1 Å². The molecular weight excluding hydrogens is 192 g/mol. The monoisotopic (exact) mass is 206 g/mol. The van der Waals surface area contributed by atoms with Crippen molar-refractivity contribution < 1.29 is 9.53 Å². The molecule has 1 amide bonds. The minimum Gasteiger partial charge on any atom is -0.480 e. The fourth-order valence-electron chi connectivity index (χ4n) is 1.02. The Morgan fingerprint density at radius 3 is 2.67 bits per heavy atom. The lowest BCUT2D eigenvalue weighted by Gasteiger charge is -2.02. The number of hydrogen-bond acceptors (Lipinski definition) is 3. The summed E-state index contributed by atoms with van der Waals surface area (Å²) in [4.78, 5) is 11.5. The van der Waals surface area contributed by atoms with Gasteiger partial charge >= 0.3 is 0 Å². The van der Waals surface area contributed by atoms with Gasteiger partial charge in [0.1, 0.15) is 0 Å². The van der Waals surface area contributed by atoms with Crippen molar-refractivity contribution in [1.82, 2.24) is 5.43 Å². The lowest BCUT2D eigenvalue weighted by atomic mass is 10.2. The summed E-state index contributed by atoms with van der Waals surface area (Å²) >= 11 is 0. The van der Waals surface area contributed by atoms with Crippen LogP contribution in [-0.2, 0) is 4.74 Å². The van der Waals surface area contributed by atoms with Crippen LogP contribution in [0, 0.1) is 0 Å². The summed E-state index contributed by atoms with van der Waals surface area (Å²) in [6.07, 6.45) is 0. The van der Waals surface area contributed by atoms with E-state index in [1.165, 1.54) is 0 Å². The average molecular weight is 206 g/mol. The first kappa shape index (κ1) is 11.2. The van der Waals surface area contributed by atoms with Crippen molar-refractivity contribution in [3.8, 4) is 0 Å². The molecule has 15 heavy (non-hydrogen) atoms. The van der Waals surface area contributed by atoms with Crippen molar-refractivity contribution >= 4 is 11.8 Å². The lowest BCUT2D eigenvalue weighted by molar-refractivity contribution is 0.0953. The number of nitrogens with one attached hydrogen (secondary N) is 1. The van der Waals surface area contributed by atoms with Gasteiger partial charge < -0.3 is 4.74 Å². The molecule has 1 rings (SSSR count). The minimum atomic E-state index is -0.241. The predicted octanol–water partition coefficient (Wildman–Crippen LogP) is 1.79. The maximum absolute atomic E-state index is 11.5. The van der Waals surface area contributed by atoms with Gasteiger partial charge in [0.25, 0.3) is 5.91 Å². The molecule has 0 aliphatic rings. The normalized spacial score (nSPS) is 10.9. The number of hydrazone groups is 1. The summed E-state index contributed by atoms with van der Waals surface area (Å²) in [7, 11) is 0. The number of hydrogen-bond donors (Lipinski definition) is 1. The van der Waals surface area contributed by atoms with Crippen molar-refractivity contribution in [1.29, 1.82) is 0 Å². The summed E-state index contributed by atoms with van der Waals surface area (Å²) < 4.78 is 5.06. The van der Waals surface area contributed by atoms with E-state index in [2.05, 4.69) is 10.5 Å². The molecule has 0 saturated heterocycles. The number of amides is 1. The van der Waals surface area contributed by atoms with E-state index in [9.17, 15) is 4.79 Å². The molecule has 4 nitrogen and oxygen atoms in total. The summed E-state index contributed by atoms with van der Waals surface area (Å²) in [6.45, 7) is 4.09. The average Bonchev–Trinajstić information content (AvgIpc) is 2.27. The highest BCUT2D eigenvalue weighted by molar-refractivity contribution is 5.94. The number of benzene rings is 1. The van der Waals surface area contributed by atoms with Gasteiger partial charge in [0.15, 0.2) is 0 Å². The molecule has 0 unspecified atom stereocenters. The molecule has 0 aromatic heterocycles. The smallest absolute Gasteiger partial charge is 0.271 e. The summed E-state index contributed by atoms with van der Waals surface area (Å²) in [5.41, 5.74) is 2.98. The van der Waals surface area contributed by atoms with E-state index in [4.69, 9.17) is 4.74 Å². The van der Waals surface area contributed by atoms with Gasteiger partial charge in [0.2, 0.25) is 5.90 Å². The van der Waals surface area contributed by atoms with Gasteiger partial charge in [-0.3, -0.25) is 4.79 Å². The Morgan fingerprint density at radius 2 is 2.07 bits per heavy atom. The van der Waals surface area contributed by atoms with Crippen molar-refractivity contribution in [2.45, 2.75) is 13.8 Å². The molecule has 1 aromatic carbocycles. The van der Waals surface area contributed by atoms with Gasteiger partial charge in [-0.2, -0.15) is 0 Å². The summed E-state index contributed by atoms with van der Waals surface area (Å²) in [6, 6.07) is 8.90. The topological polar surface area (TPSA) is 50.7 Å². The number of rotatable bonds is 3. The summed E-state index contributed by atoms with van der Waals surface area (Å²) in [5.74, 6) is 0.205. The zero-order valence-electron chi connectivity index (χ0n) is 8.86. The van der Waals surface area contributed by atoms with Crippen LogP contribution in [0.25, 0.3) is 0 Å². The zero-order chi connectivity index (χ0) is 11.1. The third-order valence-corrected chi connectivity index (χ3v) is 1.70. The summed E-state index contributed by atoms with van der Waals surface area (Å²) in [5, 5.41) is 3.79. The first-order valence-corrected chi connectivity index (χ1v) is 4.76. The molecule has 4 heteroatoms. The quantitative estimate of drug-likeness (QED) is 0.465. The van der Waals surface area contributed by atoms with Crippen LogP contribution in [0.5, 0.6) is 0 Å². The molecule has 1 aromatic rings. The van der Waals surface area contributed by atoms with Gasteiger partial charge in [0, 0.05) is 12.5 Å². The maximum atomic E-state index is 11.5. The SMILES string of the molecule is CCO/C(C)=N/NC(=O)c1ccccc1. The third-order valence-electron chi connectivity index (χ3n) is 1.70. The highest BCUT2D eigenvalue weighted by Crippen LogP contribution is 1.97. The largest absolute Gasteiger partial charge is 0.480 e. The van der Waals surface area contributed by atoms with Crippen LogP contribution in [0.1, 0.15) is 24.2 Å². The van der Waals surface area contributed by atoms with Crippen LogP contribution in [-0.4, -0.2) is 18.4 Å². The van der Waals surface area contributed by atoms with E-state index >= 15 is 0 Å². The lowest BCUT2D eigenvalue weighted by Crippen LogP contribution is -2.19. The zero-order valence-corrected chi connectivity index (χ0v) is 8.86. The second kappa shape index (κ2) is 5.80. The van der Waals surface area contributed by atoms with Gasteiger partial charge in [-0.25, -0.2) is 5.43 Å². The highest BCUT2D eigenvalue weighted by atomic mass is 16.5. The molecule has 0 bridgehead atoms. The minimum absolute atomic E-state index is 0.241. The number of carbonyl (C=O) groups excluding carboxylic acids is 1. The van der Waals surface area contributed by atoms with Crippen LogP contribution >= 0.6 is 0 Å². The third kappa shape index (κ3) is 3.81. The Hall–Kier alpha value is -1.84. The molecule has 0 aliphatic heterocycles. The maximum Gasteiger partial charge on any atom is 0.271 e. The Morgan fingerprint density at radius 1 is 1.40 bits per heavy atom. The molecule has 80 valence electrons. The number of carbonyl (C=O) groups is 1. The van der Waals surface area contributed by atoms with E-state index in [-0.39, 0.29) is 5.91 Å². The Kier molecular flexibility index (Phi) is 4.34. The van der Waals surface area contributed by atoms with Crippen LogP contribution < -0.4 is 5.43 Å².